The Morgan fingerprint density at radius 2 is 1.17 bits per heavy atom. The molecule has 0 unspecified atom stereocenters. The summed E-state index contributed by atoms with van der Waals surface area (Å²) in [6.07, 6.45) is 0. The van der Waals surface area contributed by atoms with Gasteiger partial charge < -0.3 is 4.90 Å². The number of aryl methyl sites for hydroxylation is 1. The molecule has 0 aromatic heterocycles. The summed E-state index contributed by atoms with van der Waals surface area (Å²) in [5.41, 5.74) is 4.12. The number of anilines is 1. The summed E-state index contributed by atoms with van der Waals surface area (Å²) in [6.45, 7) is 2.06. The Kier molecular flexibility index (Phi) is 3.72. The molecule has 0 saturated heterocycles. The zero-order valence-electron chi connectivity index (χ0n) is 11.0. The topological polar surface area (TPSA) is 28.0 Å². The number of nitrogens with zero attached hydrogens (tertiary/aromatic N) is 3. The Morgan fingerprint density at radius 1 is 0.722 bits per heavy atom. The lowest BCUT2D eigenvalue weighted by atomic mass is 10.2. The van der Waals surface area contributed by atoms with Gasteiger partial charge in [-0.05, 0) is 43.3 Å². The fraction of sp³-hybridized carbons (Fsp3) is 0.200. The van der Waals surface area contributed by atoms with Crippen LogP contribution in [-0.4, -0.2) is 14.1 Å². The third-order valence-corrected chi connectivity index (χ3v) is 2.68. The van der Waals surface area contributed by atoms with E-state index < -0.39 is 0 Å². The highest BCUT2D eigenvalue weighted by Gasteiger charge is 1.95. The molecule has 0 fully saturated rings. The Hall–Kier alpha value is -2.16. The van der Waals surface area contributed by atoms with Crippen LogP contribution < -0.4 is 4.90 Å². The van der Waals surface area contributed by atoms with Crippen LogP contribution in [0.5, 0.6) is 0 Å². The molecule has 0 heterocycles. The van der Waals surface area contributed by atoms with Crippen LogP contribution in [0.4, 0.5) is 17.1 Å². The molecule has 0 aliphatic rings. The molecule has 3 nitrogen and oxygen atoms in total. The van der Waals surface area contributed by atoms with Crippen molar-refractivity contribution < 1.29 is 0 Å². The lowest BCUT2D eigenvalue weighted by Gasteiger charge is -2.11. The zero-order valence-corrected chi connectivity index (χ0v) is 11.0. The first-order valence-electron chi connectivity index (χ1n) is 5.91. The van der Waals surface area contributed by atoms with Crippen LogP contribution >= 0.6 is 0 Å². The average molecular weight is 239 g/mol. The van der Waals surface area contributed by atoms with Gasteiger partial charge in [0.1, 0.15) is 0 Å². The maximum absolute atomic E-state index is 4.21. The molecule has 92 valence electrons. The first-order valence-corrected chi connectivity index (χ1v) is 5.91. The molecule has 2 aromatic rings. The summed E-state index contributed by atoms with van der Waals surface area (Å²) in [5, 5.41) is 8.42. The number of benzene rings is 2. The Labute approximate surface area is 108 Å². The van der Waals surface area contributed by atoms with Gasteiger partial charge in [0.15, 0.2) is 0 Å². The summed E-state index contributed by atoms with van der Waals surface area (Å²) in [7, 11) is 4.03. The molecule has 0 aliphatic heterocycles. The molecule has 2 rings (SSSR count). The molecule has 0 bridgehead atoms. The fourth-order valence-electron chi connectivity index (χ4n) is 1.54. The summed E-state index contributed by atoms with van der Waals surface area (Å²) in [4.78, 5) is 2.06. The Bertz CT molecular complexity index is 525. The lowest BCUT2D eigenvalue weighted by Crippen LogP contribution is -2.07. The van der Waals surface area contributed by atoms with Crippen molar-refractivity contribution in [2.24, 2.45) is 10.2 Å². The van der Waals surface area contributed by atoms with Crippen molar-refractivity contribution in [2.75, 3.05) is 19.0 Å². The normalized spacial score (nSPS) is 10.8. The van der Waals surface area contributed by atoms with Crippen LogP contribution in [0.2, 0.25) is 0 Å². The average Bonchev–Trinajstić information content (AvgIpc) is 2.38. The summed E-state index contributed by atoms with van der Waals surface area (Å²) in [5.74, 6) is 0. The summed E-state index contributed by atoms with van der Waals surface area (Å²) < 4.78 is 0. The van der Waals surface area contributed by atoms with Gasteiger partial charge in [-0.25, -0.2) is 0 Å². The summed E-state index contributed by atoms with van der Waals surface area (Å²) >= 11 is 0. The number of rotatable bonds is 3. The predicted octanol–water partition coefficient (Wildman–Crippen LogP) is 4.48. The Morgan fingerprint density at radius 3 is 1.61 bits per heavy atom. The van der Waals surface area contributed by atoms with Crippen LogP contribution in [0, 0.1) is 6.92 Å². The molecule has 3 heteroatoms. The van der Waals surface area contributed by atoms with Crippen LogP contribution in [0.3, 0.4) is 0 Å². The highest BCUT2D eigenvalue weighted by molar-refractivity contribution is 5.52. The highest BCUT2D eigenvalue weighted by Crippen LogP contribution is 2.21. The van der Waals surface area contributed by atoms with E-state index in [1.165, 1.54) is 5.56 Å². The summed E-state index contributed by atoms with van der Waals surface area (Å²) in [6, 6.07) is 16.0. The van der Waals surface area contributed by atoms with E-state index in [1.54, 1.807) is 0 Å². The van der Waals surface area contributed by atoms with Gasteiger partial charge in [-0.2, -0.15) is 10.2 Å². The van der Waals surface area contributed by atoms with E-state index in [9.17, 15) is 0 Å². The van der Waals surface area contributed by atoms with Crippen LogP contribution in [0.25, 0.3) is 0 Å². The molecule has 18 heavy (non-hydrogen) atoms. The van der Waals surface area contributed by atoms with Crippen molar-refractivity contribution in [3.63, 3.8) is 0 Å². The third kappa shape index (κ3) is 3.17. The zero-order chi connectivity index (χ0) is 13.0. The lowest BCUT2D eigenvalue weighted by molar-refractivity contribution is 1.13. The van der Waals surface area contributed by atoms with Crippen molar-refractivity contribution >= 4 is 17.1 Å². The van der Waals surface area contributed by atoms with Crippen LogP contribution in [0.1, 0.15) is 5.56 Å². The molecule has 0 atom stereocenters. The van der Waals surface area contributed by atoms with Crippen molar-refractivity contribution in [1.82, 2.24) is 0 Å². The van der Waals surface area contributed by atoms with E-state index in [4.69, 9.17) is 0 Å². The molecular weight excluding hydrogens is 222 g/mol. The van der Waals surface area contributed by atoms with Crippen LogP contribution in [-0.2, 0) is 0 Å². The van der Waals surface area contributed by atoms with Gasteiger partial charge >= 0.3 is 0 Å². The standard InChI is InChI=1S/C15H17N3/c1-12-4-6-13(7-5-12)16-17-14-8-10-15(11-9-14)18(2)3/h4-11H,1-3H3/b17-16+. The molecule has 0 radical (unpaired) electrons. The van der Waals surface area contributed by atoms with Gasteiger partial charge in [0.2, 0.25) is 0 Å². The van der Waals surface area contributed by atoms with Crippen molar-refractivity contribution in [3.05, 3.63) is 54.1 Å². The van der Waals surface area contributed by atoms with E-state index >= 15 is 0 Å². The van der Waals surface area contributed by atoms with Crippen molar-refractivity contribution in [3.8, 4) is 0 Å². The quantitative estimate of drug-likeness (QED) is 0.726. The number of hydrogen-bond donors (Lipinski definition) is 0. The van der Waals surface area contributed by atoms with Crippen LogP contribution in [0.15, 0.2) is 58.8 Å². The molecule has 0 aliphatic carbocycles. The second kappa shape index (κ2) is 5.45. The molecule has 0 spiro atoms. The fourth-order valence-corrected chi connectivity index (χ4v) is 1.54. The molecule has 0 amide bonds. The van der Waals surface area contributed by atoms with Gasteiger partial charge in [0, 0.05) is 19.8 Å². The van der Waals surface area contributed by atoms with E-state index in [0.717, 1.165) is 17.1 Å². The minimum Gasteiger partial charge on any atom is -0.378 e. The van der Waals surface area contributed by atoms with E-state index in [-0.39, 0.29) is 0 Å². The van der Waals surface area contributed by atoms with E-state index in [2.05, 4.69) is 22.1 Å². The third-order valence-electron chi connectivity index (χ3n) is 2.68. The van der Waals surface area contributed by atoms with Crippen molar-refractivity contribution in [2.45, 2.75) is 6.92 Å². The maximum atomic E-state index is 4.21. The first-order chi connectivity index (χ1) is 8.65. The Balaban J connectivity index is 2.11. The second-order valence-electron chi connectivity index (χ2n) is 4.45. The van der Waals surface area contributed by atoms with E-state index in [1.807, 2.05) is 62.6 Å². The molecule has 0 saturated carbocycles. The van der Waals surface area contributed by atoms with Gasteiger partial charge in [0.25, 0.3) is 0 Å². The van der Waals surface area contributed by atoms with E-state index in [0.29, 0.717) is 0 Å². The van der Waals surface area contributed by atoms with Gasteiger partial charge in [-0.3, -0.25) is 0 Å². The number of azo groups is 1. The van der Waals surface area contributed by atoms with Gasteiger partial charge in [-0.15, -0.1) is 0 Å². The smallest absolute Gasteiger partial charge is 0.0858 e. The van der Waals surface area contributed by atoms with Gasteiger partial charge in [0.05, 0.1) is 11.4 Å². The first kappa shape index (κ1) is 12.3. The molecule has 0 N–H and O–H groups in total. The largest absolute Gasteiger partial charge is 0.378 e. The molecular formula is C15H17N3. The predicted molar refractivity (Wildman–Crippen MR) is 76.1 cm³/mol. The minimum atomic E-state index is 0.862. The van der Waals surface area contributed by atoms with Crippen molar-refractivity contribution in [1.29, 1.82) is 0 Å². The highest BCUT2D eigenvalue weighted by atomic mass is 15.1. The number of hydrogen-bond acceptors (Lipinski definition) is 3. The SMILES string of the molecule is Cc1ccc(/N=N/c2ccc(N(C)C)cc2)cc1. The monoisotopic (exact) mass is 239 g/mol. The molecule has 2 aromatic carbocycles. The maximum Gasteiger partial charge on any atom is 0.0858 e. The second-order valence-corrected chi connectivity index (χ2v) is 4.45. The van der Waals surface area contributed by atoms with Gasteiger partial charge in [-0.1, -0.05) is 17.7 Å². The minimum absolute atomic E-state index is 0.862.